The summed E-state index contributed by atoms with van der Waals surface area (Å²) in [4.78, 5) is 0. The summed E-state index contributed by atoms with van der Waals surface area (Å²) in [7, 11) is 0. The summed E-state index contributed by atoms with van der Waals surface area (Å²) in [5.41, 5.74) is 8.07. The van der Waals surface area contributed by atoms with Crippen molar-refractivity contribution >= 4 is 33.4 Å². The van der Waals surface area contributed by atoms with Crippen molar-refractivity contribution in [2.75, 3.05) is 6.54 Å². The second-order valence-electron chi connectivity index (χ2n) is 4.47. The molecule has 0 fully saturated rings. The van der Waals surface area contributed by atoms with Crippen LogP contribution in [0.15, 0.2) is 42.5 Å². The van der Waals surface area contributed by atoms with Crippen LogP contribution in [0.2, 0.25) is 5.02 Å². The average Bonchev–Trinajstić information content (AvgIpc) is 2.70. The fourth-order valence-electron chi connectivity index (χ4n) is 2.51. The fraction of sp³-hybridized carbons (Fsp3) is 0.200. The third-order valence-corrected chi connectivity index (χ3v) is 3.56. The molecule has 0 unspecified atom stereocenters. The number of rotatable bonds is 3. The minimum atomic E-state index is 0.703. The number of hydrogen-bond acceptors (Lipinski definition) is 1. The molecule has 0 radical (unpaired) electrons. The Bertz CT molecular complexity index is 700. The van der Waals surface area contributed by atoms with Crippen molar-refractivity contribution in [3.8, 4) is 0 Å². The summed E-state index contributed by atoms with van der Waals surface area (Å²) in [6, 6.07) is 14.5. The summed E-state index contributed by atoms with van der Waals surface area (Å²) in [6.45, 7) is 1.63. The molecule has 18 heavy (non-hydrogen) atoms. The Balaban J connectivity index is 2.35. The second kappa shape index (κ2) is 4.63. The predicted molar refractivity (Wildman–Crippen MR) is 78.1 cm³/mol. The van der Waals surface area contributed by atoms with Gasteiger partial charge in [0.2, 0.25) is 0 Å². The van der Waals surface area contributed by atoms with Gasteiger partial charge < -0.3 is 10.3 Å². The van der Waals surface area contributed by atoms with Gasteiger partial charge >= 0.3 is 0 Å². The largest absolute Gasteiger partial charge is 0.340 e. The highest BCUT2D eigenvalue weighted by molar-refractivity contribution is 6.31. The Kier molecular flexibility index (Phi) is 2.98. The van der Waals surface area contributed by atoms with Crippen LogP contribution < -0.4 is 5.73 Å². The molecule has 92 valence electrons. The minimum Gasteiger partial charge on any atom is -0.340 e. The van der Waals surface area contributed by atoms with E-state index < -0.39 is 0 Å². The lowest BCUT2D eigenvalue weighted by Crippen LogP contribution is -2.05. The van der Waals surface area contributed by atoms with E-state index in [4.69, 9.17) is 17.3 Å². The van der Waals surface area contributed by atoms with Crippen molar-refractivity contribution in [1.29, 1.82) is 0 Å². The van der Waals surface area contributed by atoms with Crippen LogP contribution in [0.3, 0.4) is 0 Å². The van der Waals surface area contributed by atoms with Gasteiger partial charge in [-0.2, -0.15) is 0 Å². The summed E-state index contributed by atoms with van der Waals surface area (Å²) in [6.07, 6.45) is 0.973. The lowest BCUT2D eigenvalue weighted by atomic mass is 10.2. The van der Waals surface area contributed by atoms with Gasteiger partial charge in [-0.3, -0.25) is 0 Å². The van der Waals surface area contributed by atoms with Gasteiger partial charge in [-0.15, -0.1) is 0 Å². The third-order valence-electron chi connectivity index (χ3n) is 3.32. The molecule has 2 N–H and O–H groups in total. The number of aryl methyl sites for hydroxylation is 1. The molecule has 2 aromatic carbocycles. The van der Waals surface area contributed by atoms with Crippen molar-refractivity contribution in [1.82, 2.24) is 4.57 Å². The molecule has 0 aliphatic heterocycles. The molecule has 1 heterocycles. The maximum Gasteiger partial charge on any atom is 0.0506 e. The topological polar surface area (TPSA) is 30.9 Å². The lowest BCUT2D eigenvalue weighted by molar-refractivity contribution is 0.687. The zero-order valence-corrected chi connectivity index (χ0v) is 10.8. The molecular formula is C15H15ClN2. The van der Waals surface area contributed by atoms with E-state index in [1.54, 1.807) is 0 Å². The molecule has 0 amide bonds. The Morgan fingerprint density at radius 2 is 1.78 bits per heavy atom. The highest BCUT2D eigenvalue weighted by Gasteiger charge is 2.09. The Labute approximate surface area is 111 Å². The van der Waals surface area contributed by atoms with Crippen LogP contribution >= 0.6 is 11.6 Å². The Morgan fingerprint density at radius 1 is 1.00 bits per heavy atom. The number of benzene rings is 2. The van der Waals surface area contributed by atoms with Crippen LogP contribution in [-0.4, -0.2) is 11.1 Å². The van der Waals surface area contributed by atoms with Crippen molar-refractivity contribution in [2.45, 2.75) is 13.0 Å². The summed E-state index contributed by atoms with van der Waals surface area (Å²) in [5, 5.41) is 3.31. The summed E-state index contributed by atoms with van der Waals surface area (Å²) >= 11 is 6.11. The molecule has 3 aromatic rings. The number of nitrogens with zero attached hydrogens (tertiary/aromatic N) is 1. The van der Waals surface area contributed by atoms with Crippen molar-refractivity contribution in [3.63, 3.8) is 0 Å². The molecule has 0 saturated heterocycles. The molecule has 0 aliphatic carbocycles. The standard InChI is InChI=1S/C15H15ClN2/c16-11-6-7-13-12-4-1-2-5-14(12)18(9-3-8-17)15(13)10-11/h1-2,4-7,10H,3,8-9,17H2. The first-order valence-electron chi connectivity index (χ1n) is 6.18. The number of halogens is 1. The molecule has 3 heteroatoms. The molecule has 0 bridgehead atoms. The molecule has 0 spiro atoms. The van der Waals surface area contributed by atoms with Crippen LogP contribution in [0.5, 0.6) is 0 Å². The van der Waals surface area contributed by atoms with Gasteiger partial charge in [-0.1, -0.05) is 35.9 Å². The molecule has 3 rings (SSSR count). The quantitative estimate of drug-likeness (QED) is 0.761. The second-order valence-corrected chi connectivity index (χ2v) is 4.91. The van der Waals surface area contributed by atoms with Crippen LogP contribution in [0, 0.1) is 0 Å². The van der Waals surface area contributed by atoms with Crippen molar-refractivity contribution in [3.05, 3.63) is 47.5 Å². The van der Waals surface area contributed by atoms with Gasteiger partial charge in [0, 0.05) is 27.9 Å². The first-order valence-corrected chi connectivity index (χ1v) is 6.55. The number of nitrogens with two attached hydrogens (primary N) is 1. The van der Waals surface area contributed by atoms with Gasteiger partial charge in [0.25, 0.3) is 0 Å². The maximum atomic E-state index is 6.11. The first-order chi connectivity index (χ1) is 8.81. The SMILES string of the molecule is NCCCn1c2ccccc2c2ccc(Cl)cc21. The van der Waals surface area contributed by atoms with Crippen LogP contribution in [0.25, 0.3) is 21.8 Å². The van der Waals surface area contributed by atoms with Crippen LogP contribution in [0.1, 0.15) is 6.42 Å². The van der Waals surface area contributed by atoms with Gasteiger partial charge in [0.15, 0.2) is 0 Å². The zero-order valence-electron chi connectivity index (χ0n) is 10.1. The van der Waals surface area contributed by atoms with Gasteiger partial charge in [0.1, 0.15) is 0 Å². The predicted octanol–water partition coefficient (Wildman–Crippen LogP) is 3.80. The maximum absolute atomic E-state index is 6.11. The number of hydrogen-bond donors (Lipinski definition) is 1. The van der Waals surface area contributed by atoms with Crippen molar-refractivity contribution < 1.29 is 0 Å². The van der Waals surface area contributed by atoms with E-state index in [0.717, 1.165) is 18.0 Å². The van der Waals surface area contributed by atoms with E-state index in [9.17, 15) is 0 Å². The number of fused-ring (bicyclic) bond motifs is 3. The normalized spacial score (nSPS) is 11.4. The van der Waals surface area contributed by atoms with E-state index in [2.05, 4.69) is 34.9 Å². The van der Waals surface area contributed by atoms with E-state index >= 15 is 0 Å². The molecule has 2 nitrogen and oxygen atoms in total. The van der Waals surface area contributed by atoms with E-state index in [1.807, 2.05) is 12.1 Å². The molecule has 1 aromatic heterocycles. The Hall–Kier alpha value is -1.51. The van der Waals surface area contributed by atoms with E-state index in [-0.39, 0.29) is 0 Å². The zero-order chi connectivity index (χ0) is 12.5. The van der Waals surface area contributed by atoms with Crippen LogP contribution in [-0.2, 0) is 6.54 Å². The van der Waals surface area contributed by atoms with E-state index in [0.29, 0.717) is 6.54 Å². The fourth-order valence-corrected chi connectivity index (χ4v) is 2.68. The monoisotopic (exact) mass is 258 g/mol. The molecular weight excluding hydrogens is 244 g/mol. The number of para-hydroxylation sites is 1. The van der Waals surface area contributed by atoms with E-state index in [1.165, 1.54) is 21.8 Å². The molecule has 0 saturated carbocycles. The molecule has 0 atom stereocenters. The number of aromatic nitrogens is 1. The van der Waals surface area contributed by atoms with Gasteiger partial charge in [0.05, 0.1) is 5.52 Å². The van der Waals surface area contributed by atoms with Crippen molar-refractivity contribution in [2.24, 2.45) is 5.73 Å². The first kappa shape index (κ1) is 11.6. The van der Waals surface area contributed by atoms with Gasteiger partial charge in [-0.25, -0.2) is 0 Å². The average molecular weight is 259 g/mol. The Morgan fingerprint density at radius 3 is 2.61 bits per heavy atom. The smallest absolute Gasteiger partial charge is 0.0506 e. The lowest BCUT2D eigenvalue weighted by Gasteiger charge is -2.06. The summed E-state index contributed by atoms with van der Waals surface area (Å²) < 4.78 is 2.31. The third kappa shape index (κ3) is 1.78. The highest BCUT2D eigenvalue weighted by Crippen LogP contribution is 2.30. The van der Waals surface area contributed by atoms with Crippen LogP contribution in [0.4, 0.5) is 0 Å². The highest BCUT2D eigenvalue weighted by atomic mass is 35.5. The van der Waals surface area contributed by atoms with Gasteiger partial charge in [-0.05, 0) is 31.2 Å². The molecule has 0 aliphatic rings. The minimum absolute atomic E-state index is 0.703. The summed E-state index contributed by atoms with van der Waals surface area (Å²) in [5.74, 6) is 0.